The molecule has 0 spiro atoms. The Morgan fingerprint density at radius 3 is 2.53 bits per heavy atom. The number of benzene rings is 2. The van der Waals surface area contributed by atoms with Gasteiger partial charge in [0.2, 0.25) is 11.8 Å². The van der Waals surface area contributed by atoms with Crippen LogP contribution in [0.1, 0.15) is 0 Å². The van der Waals surface area contributed by atoms with Gasteiger partial charge in [0.05, 0.1) is 18.0 Å². The summed E-state index contributed by atoms with van der Waals surface area (Å²) >= 11 is 4.63. The third kappa shape index (κ3) is 5.80. The fraction of sp³-hybridized carbons (Fsp3) is 0.143. The van der Waals surface area contributed by atoms with E-state index in [1.165, 1.54) is 11.8 Å². The number of anilines is 1. The Bertz CT molecular complexity index is 1040. The number of hydrogen-bond acceptors (Lipinski definition) is 5. The molecule has 0 atom stereocenters. The Hall–Kier alpha value is -2.91. The number of nitrogens with one attached hydrogen (secondary N) is 2. The maximum atomic E-state index is 12.2. The molecule has 0 bridgehead atoms. The van der Waals surface area contributed by atoms with Crippen molar-refractivity contribution >= 4 is 45.2 Å². The van der Waals surface area contributed by atoms with Crippen molar-refractivity contribution < 1.29 is 9.59 Å². The van der Waals surface area contributed by atoms with Gasteiger partial charge >= 0.3 is 0 Å². The third-order valence-corrected chi connectivity index (χ3v) is 5.65. The standard InChI is InChI=1S/C21H20BrN5O2S/c1-2-12-27-20(15-8-4-3-5-9-15)25-26-21(27)30-14-19(29)23-13-18(28)24-17-11-7-6-10-16(17)22/h2-11H,1,12-14H2,(H,23,29)(H,24,28). The van der Waals surface area contributed by atoms with Crippen LogP contribution in [-0.4, -0.2) is 38.9 Å². The summed E-state index contributed by atoms with van der Waals surface area (Å²) in [5, 5.41) is 14.4. The minimum atomic E-state index is -0.304. The highest BCUT2D eigenvalue weighted by molar-refractivity contribution is 9.10. The lowest BCUT2D eigenvalue weighted by molar-refractivity contribution is -0.122. The lowest BCUT2D eigenvalue weighted by atomic mass is 10.2. The topological polar surface area (TPSA) is 88.9 Å². The first kappa shape index (κ1) is 21.8. The third-order valence-electron chi connectivity index (χ3n) is 3.99. The number of aromatic nitrogens is 3. The molecule has 0 saturated heterocycles. The van der Waals surface area contributed by atoms with Gasteiger partial charge in [-0.05, 0) is 28.1 Å². The van der Waals surface area contributed by atoms with Crippen LogP contribution in [0.5, 0.6) is 0 Å². The van der Waals surface area contributed by atoms with E-state index in [1.807, 2.05) is 53.1 Å². The first-order chi connectivity index (χ1) is 14.6. The molecule has 3 rings (SSSR count). The predicted molar refractivity (Wildman–Crippen MR) is 122 cm³/mol. The van der Waals surface area contributed by atoms with Crippen LogP contribution in [0, 0.1) is 0 Å². The van der Waals surface area contributed by atoms with Gasteiger partial charge in [-0.2, -0.15) is 0 Å². The fourth-order valence-corrected chi connectivity index (χ4v) is 3.77. The smallest absolute Gasteiger partial charge is 0.243 e. The molecule has 9 heteroatoms. The van der Waals surface area contributed by atoms with Crippen LogP contribution in [0.15, 0.2) is 76.9 Å². The van der Waals surface area contributed by atoms with E-state index in [4.69, 9.17) is 0 Å². The molecular weight excluding hydrogens is 466 g/mol. The van der Waals surface area contributed by atoms with Gasteiger partial charge in [0.25, 0.3) is 0 Å². The van der Waals surface area contributed by atoms with Crippen molar-refractivity contribution in [2.45, 2.75) is 11.7 Å². The second kappa shape index (κ2) is 10.7. The summed E-state index contributed by atoms with van der Waals surface area (Å²) in [6.07, 6.45) is 1.76. The maximum absolute atomic E-state index is 12.2. The van der Waals surface area contributed by atoms with Crippen molar-refractivity contribution in [3.8, 4) is 11.4 Å². The molecule has 0 aliphatic rings. The van der Waals surface area contributed by atoms with Crippen molar-refractivity contribution in [2.24, 2.45) is 0 Å². The average Bonchev–Trinajstić information content (AvgIpc) is 3.16. The zero-order valence-corrected chi connectivity index (χ0v) is 18.4. The number of allylic oxidation sites excluding steroid dienone is 1. The molecule has 2 aromatic carbocycles. The van der Waals surface area contributed by atoms with Crippen molar-refractivity contribution in [3.05, 3.63) is 71.7 Å². The summed E-state index contributed by atoms with van der Waals surface area (Å²) < 4.78 is 2.68. The Labute approximate surface area is 187 Å². The summed E-state index contributed by atoms with van der Waals surface area (Å²) in [6, 6.07) is 17.0. The van der Waals surface area contributed by atoms with Crippen molar-refractivity contribution in [1.29, 1.82) is 0 Å². The molecule has 1 aromatic heterocycles. The van der Waals surface area contributed by atoms with Gasteiger partial charge in [0.1, 0.15) is 0 Å². The van der Waals surface area contributed by atoms with E-state index in [1.54, 1.807) is 12.1 Å². The SMILES string of the molecule is C=CCn1c(SCC(=O)NCC(=O)Nc2ccccc2Br)nnc1-c1ccccc1. The van der Waals surface area contributed by atoms with Crippen LogP contribution in [0.3, 0.4) is 0 Å². The van der Waals surface area contributed by atoms with Crippen molar-refractivity contribution in [3.63, 3.8) is 0 Å². The van der Waals surface area contributed by atoms with Crippen molar-refractivity contribution in [2.75, 3.05) is 17.6 Å². The first-order valence-corrected chi connectivity index (χ1v) is 10.9. The largest absolute Gasteiger partial charge is 0.346 e. The highest BCUT2D eigenvalue weighted by Crippen LogP contribution is 2.24. The summed E-state index contributed by atoms with van der Waals surface area (Å²) in [5.41, 5.74) is 1.59. The highest BCUT2D eigenvalue weighted by Gasteiger charge is 2.15. The predicted octanol–water partition coefficient (Wildman–Crippen LogP) is 3.74. The van der Waals surface area contributed by atoms with Gasteiger partial charge in [-0.3, -0.25) is 14.2 Å². The number of halogens is 1. The quantitative estimate of drug-likeness (QED) is 0.356. The zero-order chi connectivity index (χ0) is 21.3. The molecule has 0 fully saturated rings. The van der Waals surface area contributed by atoms with Gasteiger partial charge in [0, 0.05) is 16.6 Å². The fourth-order valence-electron chi connectivity index (χ4n) is 2.61. The number of hydrogen-bond donors (Lipinski definition) is 2. The molecule has 2 N–H and O–H groups in total. The van der Waals surface area contributed by atoms with Gasteiger partial charge in [0.15, 0.2) is 11.0 Å². The lowest BCUT2D eigenvalue weighted by Gasteiger charge is -2.09. The van der Waals surface area contributed by atoms with E-state index < -0.39 is 0 Å². The Kier molecular flexibility index (Phi) is 7.81. The number of para-hydroxylation sites is 1. The van der Waals surface area contributed by atoms with E-state index in [-0.39, 0.29) is 24.1 Å². The summed E-state index contributed by atoms with van der Waals surface area (Å²) in [5.74, 6) is 0.260. The molecule has 0 aliphatic heterocycles. The highest BCUT2D eigenvalue weighted by atomic mass is 79.9. The van der Waals surface area contributed by atoms with Gasteiger partial charge < -0.3 is 10.6 Å². The van der Waals surface area contributed by atoms with Crippen LogP contribution < -0.4 is 10.6 Å². The minimum absolute atomic E-state index is 0.116. The van der Waals surface area contributed by atoms with E-state index in [9.17, 15) is 9.59 Å². The number of carbonyl (C=O) groups excluding carboxylic acids is 2. The number of nitrogens with zero attached hydrogens (tertiary/aromatic N) is 3. The molecule has 154 valence electrons. The summed E-state index contributed by atoms with van der Waals surface area (Å²) in [6.45, 7) is 4.19. The second-order valence-electron chi connectivity index (χ2n) is 6.16. The van der Waals surface area contributed by atoms with Gasteiger partial charge in [-0.15, -0.1) is 16.8 Å². The van der Waals surface area contributed by atoms with Crippen LogP contribution in [0.2, 0.25) is 0 Å². The molecule has 30 heavy (non-hydrogen) atoms. The molecule has 7 nitrogen and oxygen atoms in total. The van der Waals surface area contributed by atoms with Crippen LogP contribution in [0.4, 0.5) is 5.69 Å². The van der Waals surface area contributed by atoms with Crippen LogP contribution in [0.25, 0.3) is 11.4 Å². The Balaban J connectivity index is 1.54. The van der Waals surface area contributed by atoms with E-state index in [2.05, 4.69) is 43.3 Å². The number of thioether (sulfide) groups is 1. The van der Waals surface area contributed by atoms with E-state index >= 15 is 0 Å². The molecule has 1 heterocycles. The molecule has 2 amide bonds. The van der Waals surface area contributed by atoms with Crippen molar-refractivity contribution in [1.82, 2.24) is 20.1 Å². The zero-order valence-electron chi connectivity index (χ0n) is 16.0. The second-order valence-corrected chi connectivity index (χ2v) is 7.96. The van der Waals surface area contributed by atoms with E-state index in [0.717, 1.165) is 10.0 Å². The molecular formula is C21H20BrN5O2S. The molecule has 0 radical (unpaired) electrons. The maximum Gasteiger partial charge on any atom is 0.243 e. The number of rotatable bonds is 9. The summed E-state index contributed by atoms with van der Waals surface area (Å²) in [4.78, 5) is 24.2. The average molecular weight is 486 g/mol. The first-order valence-electron chi connectivity index (χ1n) is 9.12. The lowest BCUT2D eigenvalue weighted by Crippen LogP contribution is -2.34. The number of amides is 2. The molecule has 0 saturated carbocycles. The number of carbonyl (C=O) groups is 2. The Morgan fingerprint density at radius 1 is 1.07 bits per heavy atom. The van der Waals surface area contributed by atoms with Gasteiger partial charge in [-0.1, -0.05) is 60.3 Å². The Morgan fingerprint density at radius 2 is 1.80 bits per heavy atom. The van der Waals surface area contributed by atoms with Gasteiger partial charge in [-0.25, -0.2) is 0 Å². The van der Waals surface area contributed by atoms with E-state index in [0.29, 0.717) is 23.2 Å². The minimum Gasteiger partial charge on any atom is -0.346 e. The monoisotopic (exact) mass is 485 g/mol. The summed E-state index contributed by atoms with van der Waals surface area (Å²) in [7, 11) is 0. The van der Waals surface area contributed by atoms with Crippen LogP contribution in [-0.2, 0) is 16.1 Å². The van der Waals surface area contributed by atoms with Crippen LogP contribution >= 0.6 is 27.7 Å². The molecule has 3 aromatic rings. The molecule has 0 aliphatic carbocycles. The molecule has 0 unspecified atom stereocenters. The normalized spacial score (nSPS) is 10.4.